The minimum Gasteiger partial charge on any atom is -0.494 e. The molecule has 2 N–H and O–H groups in total. The molecule has 7 nitrogen and oxygen atoms in total. The van der Waals surface area contributed by atoms with Crippen molar-refractivity contribution in [3.05, 3.63) is 80.7 Å². The highest BCUT2D eigenvalue weighted by atomic mass is 79.9. The van der Waals surface area contributed by atoms with Crippen molar-refractivity contribution in [2.24, 2.45) is 0 Å². The summed E-state index contributed by atoms with van der Waals surface area (Å²) in [6, 6.07) is 17.8. The van der Waals surface area contributed by atoms with Gasteiger partial charge in [0.05, 0.1) is 28.7 Å². The Hall–Kier alpha value is -3.36. The SMILES string of the molecule is COCCC(c1cc(OC)c2[nH]c(-c3ccc(C(C)C)cc3)nc2c1Br)n1c(=O)[nH]c2ccccc21. The Morgan fingerprint density at radius 2 is 1.81 bits per heavy atom. The Morgan fingerprint density at radius 3 is 2.50 bits per heavy atom. The Morgan fingerprint density at radius 1 is 1.06 bits per heavy atom. The molecule has 36 heavy (non-hydrogen) atoms. The van der Waals surface area contributed by atoms with Crippen LogP contribution in [0.15, 0.2) is 63.9 Å². The van der Waals surface area contributed by atoms with E-state index in [4.69, 9.17) is 14.5 Å². The molecule has 0 amide bonds. The van der Waals surface area contributed by atoms with E-state index in [-0.39, 0.29) is 11.7 Å². The van der Waals surface area contributed by atoms with Crippen LogP contribution in [0.5, 0.6) is 5.75 Å². The minimum atomic E-state index is -0.299. The number of hydrogen-bond acceptors (Lipinski definition) is 4. The summed E-state index contributed by atoms with van der Waals surface area (Å²) in [5, 5.41) is 0. The Bertz CT molecular complexity index is 1580. The minimum absolute atomic E-state index is 0.170. The Balaban J connectivity index is 1.69. The van der Waals surface area contributed by atoms with Gasteiger partial charge in [-0.3, -0.25) is 4.57 Å². The highest BCUT2D eigenvalue weighted by Crippen LogP contribution is 2.40. The van der Waals surface area contributed by atoms with Crippen molar-refractivity contribution in [1.29, 1.82) is 0 Å². The van der Waals surface area contributed by atoms with Crippen LogP contribution in [0.25, 0.3) is 33.5 Å². The number of ether oxygens (including phenoxy) is 2. The third-order valence-corrected chi connectivity index (χ3v) is 7.49. The predicted octanol–water partition coefficient (Wildman–Crippen LogP) is 6.39. The second kappa shape index (κ2) is 9.95. The molecule has 8 heteroatoms. The fraction of sp³-hybridized carbons (Fsp3) is 0.286. The molecule has 5 rings (SSSR count). The number of methoxy groups -OCH3 is 2. The van der Waals surface area contributed by atoms with Gasteiger partial charge in [0.15, 0.2) is 0 Å². The van der Waals surface area contributed by atoms with Crippen LogP contribution >= 0.6 is 15.9 Å². The number of nitrogens with zero attached hydrogens (tertiary/aromatic N) is 2. The van der Waals surface area contributed by atoms with E-state index in [0.29, 0.717) is 24.7 Å². The maximum absolute atomic E-state index is 13.1. The smallest absolute Gasteiger partial charge is 0.327 e. The van der Waals surface area contributed by atoms with Gasteiger partial charge in [-0.1, -0.05) is 50.2 Å². The van der Waals surface area contributed by atoms with Gasteiger partial charge < -0.3 is 19.4 Å². The summed E-state index contributed by atoms with van der Waals surface area (Å²) >= 11 is 3.82. The molecule has 0 saturated carbocycles. The average Bonchev–Trinajstić information content (AvgIpc) is 3.47. The molecule has 0 spiro atoms. The summed E-state index contributed by atoms with van der Waals surface area (Å²) in [6.45, 7) is 4.84. The molecule has 0 aliphatic heterocycles. The molecule has 1 atom stereocenters. The first-order valence-electron chi connectivity index (χ1n) is 12.0. The molecule has 0 aliphatic carbocycles. The molecule has 0 radical (unpaired) electrons. The number of aromatic amines is 2. The van der Waals surface area contributed by atoms with Crippen LogP contribution < -0.4 is 10.4 Å². The molecule has 0 bridgehead atoms. The lowest BCUT2D eigenvalue weighted by Gasteiger charge is -2.21. The molecule has 2 heterocycles. The monoisotopic (exact) mass is 548 g/mol. The molecule has 0 aliphatic rings. The highest BCUT2D eigenvalue weighted by Gasteiger charge is 2.25. The van der Waals surface area contributed by atoms with E-state index >= 15 is 0 Å². The number of rotatable bonds is 8. The molecule has 5 aromatic rings. The summed E-state index contributed by atoms with van der Waals surface area (Å²) in [4.78, 5) is 24.5. The first-order valence-corrected chi connectivity index (χ1v) is 12.8. The Kier molecular flexibility index (Phi) is 6.73. The van der Waals surface area contributed by atoms with Gasteiger partial charge in [0, 0.05) is 19.3 Å². The zero-order chi connectivity index (χ0) is 25.4. The summed E-state index contributed by atoms with van der Waals surface area (Å²) in [7, 11) is 3.31. The largest absolute Gasteiger partial charge is 0.494 e. The number of para-hydroxylation sites is 2. The van der Waals surface area contributed by atoms with Gasteiger partial charge in [-0.05, 0) is 57.6 Å². The second-order valence-electron chi connectivity index (χ2n) is 9.18. The highest BCUT2D eigenvalue weighted by molar-refractivity contribution is 9.10. The maximum atomic E-state index is 13.1. The van der Waals surface area contributed by atoms with Crippen molar-refractivity contribution in [2.75, 3.05) is 20.8 Å². The van der Waals surface area contributed by atoms with E-state index in [1.807, 2.05) is 30.3 Å². The van der Waals surface area contributed by atoms with Gasteiger partial charge in [-0.15, -0.1) is 0 Å². The topological polar surface area (TPSA) is 84.9 Å². The van der Waals surface area contributed by atoms with Gasteiger partial charge in [0.1, 0.15) is 22.6 Å². The lowest BCUT2D eigenvalue weighted by atomic mass is 10.0. The van der Waals surface area contributed by atoms with E-state index in [2.05, 4.69) is 64.0 Å². The van der Waals surface area contributed by atoms with E-state index in [0.717, 1.165) is 43.5 Å². The number of imidazole rings is 2. The predicted molar refractivity (Wildman–Crippen MR) is 147 cm³/mol. The third kappa shape index (κ3) is 4.24. The van der Waals surface area contributed by atoms with Crippen molar-refractivity contribution >= 4 is 38.0 Å². The standard InChI is InChI=1S/C28H29BrN4O3/c1-16(2)17-9-11-18(12-10-17)27-31-25-23(36-4)15-19(24(29)26(25)32-27)21(13-14-35-3)33-22-8-6-5-7-20(22)30-28(33)34/h5-12,15-16,21H,13-14H2,1-4H3,(H,30,34)(H,31,32). The van der Waals surface area contributed by atoms with E-state index in [1.165, 1.54) is 5.56 Å². The number of H-pyrrole nitrogens is 2. The number of aromatic nitrogens is 4. The van der Waals surface area contributed by atoms with Gasteiger partial charge in [-0.25, -0.2) is 9.78 Å². The number of halogens is 1. The van der Waals surface area contributed by atoms with Crippen molar-refractivity contribution < 1.29 is 9.47 Å². The van der Waals surface area contributed by atoms with E-state index in [9.17, 15) is 4.79 Å². The summed E-state index contributed by atoms with van der Waals surface area (Å²) in [6.07, 6.45) is 0.597. The Labute approximate surface area is 217 Å². The zero-order valence-electron chi connectivity index (χ0n) is 20.8. The first-order chi connectivity index (χ1) is 17.4. The number of hydrogen-bond donors (Lipinski definition) is 2. The molecule has 2 aromatic heterocycles. The normalized spacial score (nSPS) is 12.6. The third-order valence-electron chi connectivity index (χ3n) is 6.66. The van der Waals surface area contributed by atoms with Crippen LogP contribution in [0.2, 0.25) is 0 Å². The van der Waals surface area contributed by atoms with Crippen molar-refractivity contribution in [3.8, 4) is 17.1 Å². The zero-order valence-corrected chi connectivity index (χ0v) is 22.3. The van der Waals surface area contributed by atoms with E-state index < -0.39 is 0 Å². The van der Waals surface area contributed by atoms with Crippen LogP contribution in [0, 0.1) is 0 Å². The fourth-order valence-corrected chi connectivity index (χ4v) is 5.39. The van der Waals surface area contributed by atoms with Crippen LogP contribution in [0.3, 0.4) is 0 Å². The fourth-order valence-electron chi connectivity index (χ4n) is 4.73. The van der Waals surface area contributed by atoms with Crippen LogP contribution in [0.1, 0.15) is 43.4 Å². The second-order valence-corrected chi connectivity index (χ2v) is 9.98. The molecular weight excluding hydrogens is 520 g/mol. The van der Waals surface area contributed by atoms with Gasteiger partial charge in [0.25, 0.3) is 0 Å². The first kappa shape index (κ1) is 24.3. The lowest BCUT2D eigenvalue weighted by molar-refractivity contribution is 0.184. The van der Waals surface area contributed by atoms with Crippen molar-refractivity contribution in [3.63, 3.8) is 0 Å². The van der Waals surface area contributed by atoms with Gasteiger partial charge >= 0.3 is 5.69 Å². The van der Waals surface area contributed by atoms with Gasteiger partial charge in [0.2, 0.25) is 0 Å². The maximum Gasteiger partial charge on any atom is 0.327 e. The molecular formula is C28H29BrN4O3. The van der Waals surface area contributed by atoms with Crippen LogP contribution in [-0.2, 0) is 4.74 Å². The number of nitrogens with one attached hydrogen (secondary N) is 2. The molecule has 3 aromatic carbocycles. The van der Waals surface area contributed by atoms with Crippen molar-refractivity contribution in [2.45, 2.75) is 32.2 Å². The van der Waals surface area contributed by atoms with Crippen molar-refractivity contribution in [1.82, 2.24) is 19.5 Å². The summed E-state index contributed by atoms with van der Waals surface area (Å²) < 4.78 is 13.8. The summed E-state index contributed by atoms with van der Waals surface area (Å²) in [5.74, 6) is 1.88. The number of benzene rings is 3. The molecule has 0 fully saturated rings. The molecule has 186 valence electrons. The van der Waals surface area contributed by atoms with Crippen LogP contribution in [-0.4, -0.2) is 40.3 Å². The quantitative estimate of drug-likeness (QED) is 0.235. The lowest BCUT2D eigenvalue weighted by Crippen LogP contribution is -2.24. The molecule has 1 unspecified atom stereocenters. The van der Waals surface area contributed by atoms with Crippen LogP contribution in [0.4, 0.5) is 0 Å². The number of fused-ring (bicyclic) bond motifs is 2. The molecule has 0 saturated heterocycles. The van der Waals surface area contributed by atoms with Gasteiger partial charge in [-0.2, -0.15) is 0 Å². The summed E-state index contributed by atoms with van der Waals surface area (Å²) in [5.41, 5.74) is 6.18. The average molecular weight is 549 g/mol. The van der Waals surface area contributed by atoms with E-state index in [1.54, 1.807) is 18.8 Å².